The number of benzene rings is 1. The molecule has 1 saturated heterocycles. The molecule has 1 heterocycles. The van der Waals surface area contributed by atoms with E-state index in [1.165, 1.54) is 0 Å². The van der Waals surface area contributed by atoms with Gasteiger partial charge in [-0.25, -0.2) is 8.78 Å². The number of hydrogen-bond donors (Lipinski definition) is 2. The Labute approximate surface area is 163 Å². The van der Waals surface area contributed by atoms with Gasteiger partial charge in [0.25, 0.3) is 5.91 Å². The number of hydrogen-bond acceptors (Lipinski definition) is 3. The third-order valence-electron chi connectivity index (χ3n) is 4.65. The maximum atomic E-state index is 13.6. The smallest absolute Gasteiger partial charge is 0.254 e. The summed E-state index contributed by atoms with van der Waals surface area (Å²) < 4.78 is 26.4. The molecule has 28 heavy (non-hydrogen) atoms. The maximum absolute atomic E-state index is 13.6. The van der Waals surface area contributed by atoms with Crippen molar-refractivity contribution >= 4 is 17.7 Å². The Morgan fingerprint density at radius 2 is 2.00 bits per heavy atom. The molecule has 0 radical (unpaired) electrons. The van der Waals surface area contributed by atoms with Gasteiger partial charge in [0.15, 0.2) is 0 Å². The van der Waals surface area contributed by atoms with Crippen molar-refractivity contribution in [3.63, 3.8) is 0 Å². The number of likely N-dealkylation sites (tertiary alicyclic amines) is 1. The van der Waals surface area contributed by atoms with Gasteiger partial charge in [-0.2, -0.15) is 0 Å². The second-order valence-electron chi connectivity index (χ2n) is 6.98. The lowest BCUT2D eigenvalue weighted by atomic mass is 10.0. The predicted molar refractivity (Wildman–Crippen MR) is 101 cm³/mol. The van der Waals surface area contributed by atoms with Crippen LogP contribution in [0.25, 0.3) is 0 Å². The minimum Gasteiger partial charge on any atom is -0.352 e. The van der Waals surface area contributed by atoms with E-state index in [4.69, 9.17) is 0 Å². The number of piperidine rings is 1. The quantitative estimate of drug-likeness (QED) is 0.664. The van der Waals surface area contributed by atoms with Gasteiger partial charge in [0.1, 0.15) is 11.6 Å². The molecule has 1 atom stereocenters. The van der Waals surface area contributed by atoms with Crippen LogP contribution in [0.3, 0.4) is 0 Å². The molecule has 3 amide bonds. The summed E-state index contributed by atoms with van der Waals surface area (Å²) in [5.74, 6) is -2.32. The molecule has 1 fully saturated rings. The molecule has 2 rings (SSSR count). The molecule has 0 spiro atoms. The largest absolute Gasteiger partial charge is 0.352 e. The van der Waals surface area contributed by atoms with Crippen molar-refractivity contribution < 1.29 is 23.2 Å². The van der Waals surface area contributed by atoms with Gasteiger partial charge in [0.05, 0.1) is 5.56 Å². The number of nitrogens with zero attached hydrogens (tertiary/aromatic N) is 1. The normalized spacial score (nSPS) is 16.5. The summed E-state index contributed by atoms with van der Waals surface area (Å²) >= 11 is 0. The van der Waals surface area contributed by atoms with Crippen LogP contribution in [0.2, 0.25) is 0 Å². The molecule has 1 aliphatic heterocycles. The molecule has 1 aromatic rings. The summed E-state index contributed by atoms with van der Waals surface area (Å²) in [6.45, 7) is 3.32. The van der Waals surface area contributed by atoms with Crippen LogP contribution in [-0.2, 0) is 9.59 Å². The molecule has 0 bridgehead atoms. The molecule has 0 aromatic heterocycles. The summed E-state index contributed by atoms with van der Waals surface area (Å²) in [4.78, 5) is 37.7. The number of rotatable bonds is 8. The molecular weight excluding hydrogens is 368 g/mol. The summed E-state index contributed by atoms with van der Waals surface area (Å²) in [7, 11) is 0. The Kier molecular flexibility index (Phi) is 8.35. The molecule has 8 heteroatoms. The van der Waals surface area contributed by atoms with Crippen molar-refractivity contribution in [3.8, 4) is 0 Å². The van der Waals surface area contributed by atoms with Crippen molar-refractivity contribution in [2.45, 2.75) is 51.5 Å². The Balaban J connectivity index is 1.71. The number of amides is 3. The third-order valence-corrected chi connectivity index (χ3v) is 4.65. The summed E-state index contributed by atoms with van der Waals surface area (Å²) in [6, 6.07) is 2.75. The van der Waals surface area contributed by atoms with Gasteiger partial charge in [0, 0.05) is 44.6 Å². The van der Waals surface area contributed by atoms with E-state index in [2.05, 4.69) is 10.6 Å². The fraction of sp³-hybridized carbons (Fsp3) is 0.550. The number of halogens is 2. The minimum atomic E-state index is -0.918. The summed E-state index contributed by atoms with van der Waals surface area (Å²) in [5, 5.41) is 5.50. The maximum Gasteiger partial charge on any atom is 0.254 e. The van der Waals surface area contributed by atoms with E-state index in [1.54, 1.807) is 4.90 Å². The first-order valence-corrected chi connectivity index (χ1v) is 9.71. The van der Waals surface area contributed by atoms with E-state index in [9.17, 15) is 23.2 Å². The highest BCUT2D eigenvalue weighted by Crippen LogP contribution is 2.13. The average molecular weight is 395 g/mol. The Morgan fingerprint density at radius 1 is 1.21 bits per heavy atom. The highest BCUT2D eigenvalue weighted by atomic mass is 19.1. The molecule has 1 aromatic carbocycles. The van der Waals surface area contributed by atoms with E-state index >= 15 is 0 Å². The third kappa shape index (κ3) is 6.58. The van der Waals surface area contributed by atoms with Gasteiger partial charge in [-0.15, -0.1) is 0 Å². The van der Waals surface area contributed by atoms with E-state index in [0.29, 0.717) is 32.0 Å². The Bertz CT molecular complexity index is 712. The Morgan fingerprint density at radius 3 is 2.71 bits per heavy atom. The zero-order chi connectivity index (χ0) is 20.5. The zero-order valence-corrected chi connectivity index (χ0v) is 16.1. The van der Waals surface area contributed by atoms with Crippen molar-refractivity contribution in [3.05, 3.63) is 35.4 Å². The Hall–Kier alpha value is -2.51. The van der Waals surface area contributed by atoms with Crippen LogP contribution >= 0.6 is 0 Å². The van der Waals surface area contributed by atoms with E-state index in [-0.39, 0.29) is 36.4 Å². The second-order valence-corrected chi connectivity index (χ2v) is 6.98. The van der Waals surface area contributed by atoms with Gasteiger partial charge in [0.2, 0.25) is 11.8 Å². The lowest BCUT2D eigenvalue weighted by molar-refractivity contribution is -0.133. The lowest BCUT2D eigenvalue weighted by Crippen LogP contribution is -2.49. The fourth-order valence-electron chi connectivity index (χ4n) is 3.22. The number of carbonyl (C=O) groups excluding carboxylic acids is 3. The van der Waals surface area contributed by atoms with E-state index in [0.717, 1.165) is 31.4 Å². The van der Waals surface area contributed by atoms with Crippen LogP contribution in [0.1, 0.15) is 55.8 Å². The monoisotopic (exact) mass is 395 g/mol. The molecule has 0 aliphatic carbocycles. The van der Waals surface area contributed by atoms with Crippen molar-refractivity contribution in [2.75, 3.05) is 19.6 Å². The molecule has 2 N–H and O–H groups in total. The number of nitrogens with one attached hydrogen (secondary N) is 2. The first-order chi connectivity index (χ1) is 13.4. The summed E-state index contributed by atoms with van der Waals surface area (Å²) in [5.41, 5.74) is -0.227. The predicted octanol–water partition coefficient (Wildman–Crippen LogP) is 2.38. The van der Waals surface area contributed by atoms with Crippen molar-refractivity contribution in [1.29, 1.82) is 0 Å². The van der Waals surface area contributed by atoms with Crippen LogP contribution in [0, 0.1) is 11.6 Å². The SMILES string of the molecule is CCCC(=O)NC1CCCN(C(=O)CCCNC(=O)c2ccc(F)cc2F)C1. The van der Waals surface area contributed by atoms with Crippen molar-refractivity contribution in [2.24, 2.45) is 0 Å². The average Bonchev–Trinajstić information content (AvgIpc) is 2.65. The van der Waals surface area contributed by atoms with Crippen LogP contribution in [0.15, 0.2) is 18.2 Å². The van der Waals surface area contributed by atoms with Gasteiger partial charge >= 0.3 is 0 Å². The standard InChI is InChI=1S/C20H27F2N3O3/c1-2-5-18(26)24-15-6-4-11-25(13-15)19(27)7-3-10-23-20(28)16-9-8-14(21)12-17(16)22/h8-9,12,15H,2-7,10-11,13H2,1H3,(H,23,28)(H,24,26). The summed E-state index contributed by atoms with van der Waals surface area (Å²) in [6.07, 6.45) is 3.63. The van der Waals surface area contributed by atoms with Gasteiger partial charge in [-0.05, 0) is 37.8 Å². The van der Waals surface area contributed by atoms with Crippen molar-refractivity contribution in [1.82, 2.24) is 15.5 Å². The second kappa shape index (κ2) is 10.7. The minimum absolute atomic E-state index is 0.0116. The molecule has 1 unspecified atom stereocenters. The van der Waals surface area contributed by atoms with E-state index in [1.807, 2.05) is 6.92 Å². The molecule has 6 nitrogen and oxygen atoms in total. The van der Waals surface area contributed by atoms with Crippen LogP contribution < -0.4 is 10.6 Å². The molecular formula is C20H27F2N3O3. The molecule has 154 valence electrons. The van der Waals surface area contributed by atoms with Crippen LogP contribution in [0.4, 0.5) is 8.78 Å². The molecule has 1 aliphatic rings. The number of carbonyl (C=O) groups is 3. The van der Waals surface area contributed by atoms with Gasteiger partial charge in [-0.3, -0.25) is 14.4 Å². The van der Waals surface area contributed by atoms with Gasteiger partial charge in [-0.1, -0.05) is 6.92 Å². The molecule has 0 saturated carbocycles. The van der Waals surface area contributed by atoms with Crippen LogP contribution in [0.5, 0.6) is 0 Å². The first-order valence-electron chi connectivity index (χ1n) is 9.71. The van der Waals surface area contributed by atoms with E-state index < -0.39 is 17.5 Å². The van der Waals surface area contributed by atoms with Gasteiger partial charge < -0.3 is 15.5 Å². The topological polar surface area (TPSA) is 78.5 Å². The van der Waals surface area contributed by atoms with Crippen LogP contribution in [-0.4, -0.2) is 48.3 Å². The fourth-order valence-corrected chi connectivity index (χ4v) is 3.22. The highest BCUT2D eigenvalue weighted by Gasteiger charge is 2.24. The zero-order valence-electron chi connectivity index (χ0n) is 16.1. The first kappa shape index (κ1) is 21.8. The lowest BCUT2D eigenvalue weighted by Gasteiger charge is -2.33. The highest BCUT2D eigenvalue weighted by molar-refractivity contribution is 5.94.